The number of pyridine rings is 1. The summed E-state index contributed by atoms with van der Waals surface area (Å²) in [7, 11) is 0. The van der Waals surface area contributed by atoms with Crippen LogP contribution in [0.2, 0.25) is 0 Å². The van der Waals surface area contributed by atoms with E-state index in [9.17, 15) is 4.79 Å². The number of tetrazole rings is 1. The molecule has 0 radical (unpaired) electrons. The molecular weight excluding hydrogens is 322 g/mol. The van der Waals surface area contributed by atoms with Crippen LogP contribution in [0.5, 0.6) is 0 Å². The number of carbonyl (C=O) groups is 1. The Balaban J connectivity index is 1.76. The van der Waals surface area contributed by atoms with Gasteiger partial charge in [0.2, 0.25) is 5.95 Å². The summed E-state index contributed by atoms with van der Waals surface area (Å²) in [6.45, 7) is 3.64. The van der Waals surface area contributed by atoms with Crippen molar-refractivity contribution in [3.8, 4) is 0 Å². The maximum atomic E-state index is 12.9. The van der Waals surface area contributed by atoms with Gasteiger partial charge in [0.15, 0.2) is 0 Å². The molecule has 2 N–H and O–H groups in total. The number of rotatable bonds is 3. The third kappa shape index (κ3) is 2.65. The highest BCUT2D eigenvalue weighted by Gasteiger charge is 2.36. The van der Waals surface area contributed by atoms with E-state index in [4.69, 9.17) is 4.42 Å². The van der Waals surface area contributed by atoms with Crippen LogP contribution in [-0.2, 0) is 4.79 Å². The van der Waals surface area contributed by atoms with Crippen LogP contribution >= 0.6 is 0 Å². The van der Waals surface area contributed by atoms with E-state index in [1.54, 1.807) is 31.3 Å². The summed E-state index contributed by atoms with van der Waals surface area (Å²) in [4.78, 5) is 17.1. The predicted molar refractivity (Wildman–Crippen MR) is 88.6 cm³/mol. The zero-order valence-corrected chi connectivity index (χ0v) is 13.6. The molecule has 4 rings (SSSR count). The number of amides is 1. The molecule has 0 fully saturated rings. The first kappa shape index (κ1) is 15.1. The Morgan fingerprint density at radius 2 is 2.16 bits per heavy atom. The number of anilines is 2. The minimum absolute atomic E-state index is 0.302. The number of nitrogens with zero attached hydrogens (tertiary/aromatic N) is 5. The van der Waals surface area contributed by atoms with E-state index in [1.807, 2.05) is 19.1 Å². The zero-order chi connectivity index (χ0) is 17.4. The summed E-state index contributed by atoms with van der Waals surface area (Å²) in [6, 6.07) is 8.39. The van der Waals surface area contributed by atoms with E-state index < -0.39 is 6.04 Å². The van der Waals surface area contributed by atoms with Crippen molar-refractivity contribution in [2.75, 3.05) is 10.6 Å². The van der Waals surface area contributed by atoms with Gasteiger partial charge in [0.25, 0.3) is 5.91 Å². The van der Waals surface area contributed by atoms with Gasteiger partial charge >= 0.3 is 0 Å². The van der Waals surface area contributed by atoms with Crippen LogP contribution in [-0.4, -0.2) is 31.1 Å². The highest BCUT2D eigenvalue weighted by atomic mass is 16.3. The van der Waals surface area contributed by atoms with Gasteiger partial charge in [-0.25, -0.2) is 4.98 Å². The molecule has 9 heteroatoms. The van der Waals surface area contributed by atoms with Gasteiger partial charge in [-0.05, 0) is 48.5 Å². The van der Waals surface area contributed by atoms with E-state index >= 15 is 0 Å². The van der Waals surface area contributed by atoms with Gasteiger partial charge in [0.05, 0.1) is 5.57 Å². The molecule has 1 atom stereocenters. The van der Waals surface area contributed by atoms with E-state index in [0.29, 0.717) is 28.8 Å². The molecule has 0 aliphatic carbocycles. The molecule has 9 nitrogen and oxygen atoms in total. The second-order valence-corrected chi connectivity index (χ2v) is 5.63. The number of aromatic nitrogens is 5. The monoisotopic (exact) mass is 337 g/mol. The molecule has 4 heterocycles. The maximum absolute atomic E-state index is 12.9. The lowest BCUT2D eigenvalue weighted by Gasteiger charge is -2.26. The first-order chi connectivity index (χ1) is 12.1. The Hall–Kier alpha value is -3.49. The number of hydrogen-bond donors (Lipinski definition) is 2. The van der Waals surface area contributed by atoms with Crippen molar-refractivity contribution in [2.45, 2.75) is 19.9 Å². The van der Waals surface area contributed by atoms with Crippen molar-refractivity contribution in [3.05, 3.63) is 59.3 Å². The fourth-order valence-corrected chi connectivity index (χ4v) is 2.79. The van der Waals surface area contributed by atoms with Crippen LogP contribution in [0.1, 0.15) is 24.5 Å². The van der Waals surface area contributed by atoms with Gasteiger partial charge in [-0.3, -0.25) is 4.79 Å². The molecule has 1 aliphatic heterocycles. The lowest BCUT2D eigenvalue weighted by Crippen LogP contribution is -2.31. The molecule has 126 valence electrons. The number of aryl methyl sites for hydroxylation is 1. The lowest BCUT2D eigenvalue weighted by molar-refractivity contribution is -0.113. The standard InChI is InChI=1S/C16H15N7O2/c1-9-6-7-11(25-9)14-13(10(2)18-16-20-21-22-23(14)16)15(24)19-12-5-3-4-8-17-12/h3-8,14H,1-2H3,(H,17,19,24)(H,18,20,22). The largest absolute Gasteiger partial charge is 0.464 e. The molecule has 0 bridgehead atoms. The fourth-order valence-electron chi connectivity index (χ4n) is 2.79. The van der Waals surface area contributed by atoms with E-state index in [-0.39, 0.29) is 5.91 Å². The second-order valence-electron chi connectivity index (χ2n) is 5.63. The minimum Gasteiger partial charge on any atom is -0.464 e. The average Bonchev–Trinajstić information content (AvgIpc) is 3.23. The lowest BCUT2D eigenvalue weighted by atomic mass is 10.00. The predicted octanol–water partition coefficient (Wildman–Crippen LogP) is 1.90. The summed E-state index contributed by atoms with van der Waals surface area (Å²) in [5.74, 6) is 1.93. The number of nitrogens with one attached hydrogen (secondary N) is 2. The van der Waals surface area contributed by atoms with Crippen LogP contribution < -0.4 is 10.6 Å². The van der Waals surface area contributed by atoms with E-state index in [2.05, 4.69) is 31.1 Å². The number of carbonyl (C=O) groups excluding carboxylic acids is 1. The van der Waals surface area contributed by atoms with Gasteiger partial charge in [0, 0.05) is 11.9 Å². The quantitative estimate of drug-likeness (QED) is 0.751. The Morgan fingerprint density at radius 3 is 2.88 bits per heavy atom. The molecule has 3 aromatic rings. The summed E-state index contributed by atoms with van der Waals surface area (Å²) in [5, 5.41) is 17.5. The topological polar surface area (TPSA) is 111 Å². The third-order valence-electron chi connectivity index (χ3n) is 3.90. The first-order valence-electron chi connectivity index (χ1n) is 7.68. The van der Waals surface area contributed by atoms with Crippen LogP contribution in [0, 0.1) is 6.92 Å². The summed E-state index contributed by atoms with van der Waals surface area (Å²) >= 11 is 0. The highest BCUT2D eigenvalue weighted by Crippen LogP contribution is 2.35. The molecule has 0 saturated carbocycles. The molecule has 3 aromatic heterocycles. The van der Waals surface area contributed by atoms with Crippen molar-refractivity contribution in [3.63, 3.8) is 0 Å². The normalized spacial score (nSPS) is 16.3. The number of fused-ring (bicyclic) bond motifs is 1. The van der Waals surface area contributed by atoms with Crippen LogP contribution in [0.25, 0.3) is 0 Å². The smallest absolute Gasteiger partial charge is 0.257 e. The molecule has 1 unspecified atom stereocenters. The van der Waals surface area contributed by atoms with E-state index in [0.717, 1.165) is 5.76 Å². The highest BCUT2D eigenvalue weighted by molar-refractivity contribution is 6.05. The second kappa shape index (κ2) is 5.86. The maximum Gasteiger partial charge on any atom is 0.257 e. The molecule has 0 saturated heterocycles. The Labute approximate surface area is 142 Å². The molecule has 25 heavy (non-hydrogen) atoms. The van der Waals surface area contributed by atoms with E-state index in [1.165, 1.54) is 4.68 Å². The number of hydrogen-bond acceptors (Lipinski definition) is 7. The summed E-state index contributed by atoms with van der Waals surface area (Å²) in [5.41, 5.74) is 1.11. The average molecular weight is 337 g/mol. The van der Waals surface area contributed by atoms with Crippen molar-refractivity contribution in [1.82, 2.24) is 25.2 Å². The first-order valence-corrected chi connectivity index (χ1v) is 7.68. The third-order valence-corrected chi connectivity index (χ3v) is 3.90. The Morgan fingerprint density at radius 1 is 1.28 bits per heavy atom. The van der Waals surface area contributed by atoms with Crippen molar-refractivity contribution < 1.29 is 9.21 Å². The van der Waals surface area contributed by atoms with Gasteiger partial charge in [-0.15, -0.1) is 0 Å². The fraction of sp³-hybridized carbons (Fsp3) is 0.188. The Bertz CT molecular complexity index is 958. The van der Waals surface area contributed by atoms with Crippen LogP contribution in [0.4, 0.5) is 11.8 Å². The van der Waals surface area contributed by atoms with Crippen LogP contribution in [0.15, 0.2) is 52.2 Å². The van der Waals surface area contributed by atoms with Crippen molar-refractivity contribution >= 4 is 17.7 Å². The SMILES string of the molecule is CC1=C(C(=O)Nc2ccccn2)C(c2ccc(C)o2)n2nnnc2N1. The molecule has 1 aliphatic rings. The van der Waals surface area contributed by atoms with Gasteiger partial charge in [0.1, 0.15) is 23.4 Å². The van der Waals surface area contributed by atoms with Gasteiger partial charge < -0.3 is 15.1 Å². The van der Waals surface area contributed by atoms with Crippen LogP contribution in [0.3, 0.4) is 0 Å². The Kier molecular flexibility index (Phi) is 3.53. The zero-order valence-electron chi connectivity index (χ0n) is 13.6. The van der Waals surface area contributed by atoms with Crippen molar-refractivity contribution in [2.24, 2.45) is 0 Å². The minimum atomic E-state index is -0.566. The van der Waals surface area contributed by atoms with Crippen molar-refractivity contribution in [1.29, 1.82) is 0 Å². The molecular formula is C16H15N7O2. The molecule has 1 amide bonds. The summed E-state index contributed by atoms with van der Waals surface area (Å²) < 4.78 is 7.28. The molecule has 0 aromatic carbocycles. The summed E-state index contributed by atoms with van der Waals surface area (Å²) in [6.07, 6.45) is 1.61. The number of furan rings is 1. The van der Waals surface area contributed by atoms with Gasteiger partial charge in [-0.1, -0.05) is 11.2 Å². The molecule has 0 spiro atoms. The van der Waals surface area contributed by atoms with Gasteiger partial charge in [-0.2, -0.15) is 4.68 Å². The number of allylic oxidation sites excluding steroid dienone is 1.